The summed E-state index contributed by atoms with van der Waals surface area (Å²) in [6, 6.07) is 7.63. The van der Waals surface area contributed by atoms with Crippen molar-refractivity contribution in [2.75, 3.05) is 19.9 Å². The monoisotopic (exact) mass is 338 g/mol. The first-order chi connectivity index (χ1) is 11.0. The molecule has 2 amide bonds. The number of hydrogen-bond donors (Lipinski definition) is 2. The highest BCUT2D eigenvalue weighted by atomic mass is 32.2. The molecule has 1 aliphatic rings. The van der Waals surface area contributed by atoms with Gasteiger partial charge in [-0.15, -0.1) is 0 Å². The normalized spacial score (nSPS) is 22.4. The molecular weight excluding hydrogens is 312 g/mol. The second-order valence-corrected chi connectivity index (χ2v) is 7.60. The van der Waals surface area contributed by atoms with Crippen molar-refractivity contribution in [2.45, 2.75) is 43.2 Å². The number of hydrogen-bond acceptors (Lipinski definition) is 3. The quantitative estimate of drug-likeness (QED) is 0.864. The predicted molar refractivity (Wildman–Crippen MR) is 91.6 cm³/mol. The zero-order valence-electron chi connectivity index (χ0n) is 13.8. The number of amides is 2. The van der Waals surface area contributed by atoms with E-state index in [-0.39, 0.29) is 18.7 Å². The van der Waals surface area contributed by atoms with Gasteiger partial charge in [0.1, 0.15) is 0 Å². The van der Waals surface area contributed by atoms with Gasteiger partial charge in [-0.2, -0.15) is 0 Å². The Morgan fingerprint density at radius 3 is 2.39 bits per heavy atom. The fraction of sp³-hybridized carbons (Fsp3) is 0.588. The van der Waals surface area contributed by atoms with Crippen LogP contribution >= 0.6 is 0 Å². The third-order valence-corrected chi connectivity index (χ3v) is 5.58. The Kier molecular flexibility index (Phi) is 6.59. The summed E-state index contributed by atoms with van der Waals surface area (Å²) < 4.78 is 11.4. The van der Waals surface area contributed by atoms with Gasteiger partial charge in [-0.3, -0.25) is 4.21 Å². The Hall–Kier alpha value is -1.40. The number of aliphatic hydroxyl groups is 1. The van der Waals surface area contributed by atoms with Crippen LogP contribution in [0.3, 0.4) is 0 Å². The van der Waals surface area contributed by atoms with Crippen molar-refractivity contribution in [2.24, 2.45) is 5.92 Å². The number of nitrogens with one attached hydrogen (secondary N) is 1. The number of carbonyl (C=O) groups excluding carboxylic acids is 1. The number of aliphatic hydroxyl groups excluding tert-OH is 1. The molecule has 0 radical (unpaired) electrons. The first-order valence-electron chi connectivity index (χ1n) is 8.05. The van der Waals surface area contributed by atoms with Crippen LogP contribution in [-0.2, 0) is 17.3 Å². The van der Waals surface area contributed by atoms with Gasteiger partial charge in [0.25, 0.3) is 0 Å². The van der Waals surface area contributed by atoms with Gasteiger partial charge in [0, 0.05) is 48.2 Å². The average Bonchev–Trinajstić information content (AvgIpc) is 2.59. The predicted octanol–water partition coefficient (Wildman–Crippen LogP) is 2.12. The van der Waals surface area contributed by atoms with Crippen molar-refractivity contribution in [3.63, 3.8) is 0 Å². The third-order valence-electron chi connectivity index (χ3n) is 4.64. The fourth-order valence-electron chi connectivity index (χ4n) is 2.98. The van der Waals surface area contributed by atoms with E-state index in [9.17, 15) is 14.1 Å². The summed E-state index contributed by atoms with van der Waals surface area (Å²) in [6.07, 6.45) is 5.51. The van der Waals surface area contributed by atoms with Gasteiger partial charge < -0.3 is 15.3 Å². The SMILES string of the molecule is CN(C(=O)NCc1ccc(S(C)=O)cc1)C1CCC(CO)CC1. The van der Waals surface area contributed by atoms with Crippen LogP contribution in [0, 0.1) is 5.92 Å². The van der Waals surface area contributed by atoms with E-state index in [1.165, 1.54) is 0 Å². The molecule has 1 unspecified atom stereocenters. The maximum atomic E-state index is 12.3. The minimum atomic E-state index is -0.978. The van der Waals surface area contributed by atoms with Crippen molar-refractivity contribution in [3.05, 3.63) is 29.8 Å². The van der Waals surface area contributed by atoms with Crippen molar-refractivity contribution in [1.29, 1.82) is 0 Å². The Labute approximate surface area is 140 Å². The summed E-state index contributed by atoms with van der Waals surface area (Å²) in [7, 11) is 0.858. The zero-order chi connectivity index (χ0) is 16.8. The van der Waals surface area contributed by atoms with Gasteiger partial charge in [0.15, 0.2) is 0 Å². The molecule has 0 aliphatic heterocycles. The van der Waals surface area contributed by atoms with Gasteiger partial charge in [-0.05, 0) is 49.3 Å². The summed E-state index contributed by atoms with van der Waals surface area (Å²) in [5.41, 5.74) is 0.991. The molecule has 0 spiro atoms. The van der Waals surface area contributed by atoms with Crippen molar-refractivity contribution in [3.8, 4) is 0 Å². The van der Waals surface area contributed by atoms with Crippen LogP contribution in [0.2, 0.25) is 0 Å². The number of rotatable bonds is 5. The molecule has 23 heavy (non-hydrogen) atoms. The Morgan fingerprint density at radius 1 is 1.26 bits per heavy atom. The van der Waals surface area contributed by atoms with Crippen molar-refractivity contribution < 1.29 is 14.1 Å². The lowest BCUT2D eigenvalue weighted by Crippen LogP contribution is -2.45. The van der Waals surface area contributed by atoms with Crippen LogP contribution < -0.4 is 5.32 Å². The molecule has 0 heterocycles. The summed E-state index contributed by atoms with van der Waals surface area (Å²) in [5, 5.41) is 12.1. The average molecular weight is 338 g/mol. The number of urea groups is 1. The molecular formula is C17H26N2O3S. The topological polar surface area (TPSA) is 69.6 Å². The summed E-state index contributed by atoms with van der Waals surface area (Å²) in [4.78, 5) is 14.8. The van der Waals surface area contributed by atoms with E-state index in [0.717, 1.165) is 36.1 Å². The van der Waals surface area contributed by atoms with E-state index in [2.05, 4.69) is 5.32 Å². The van der Waals surface area contributed by atoms with Crippen LogP contribution in [0.5, 0.6) is 0 Å². The minimum Gasteiger partial charge on any atom is -0.396 e. The molecule has 1 aromatic carbocycles. The first kappa shape index (κ1) is 17.9. The van der Waals surface area contributed by atoms with Gasteiger partial charge in [0.05, 0.1) is 0 Å². The van der Waals surface area contributed by atoms with Crippen molar-refractivity contribution >= 4 is 16.8 Å². The standard InChI is InChI=1S/C17H26N2O3S/c1-19(15-7-3-14(12-20)4-8-15)17(21)18-11-13-5-9-16(10-6-13)23(2)22/h5-6,9-10,14-15,20H,3-4,7-8,11-12H2,1-2H3,(H,18,21). The lowest BCUT2D eigenvalue weighted by atomic mass is 9.86. The van der Waals surface area contributed by atoms with Crippen LogP contribution in [0.4, 0.5) is 4.79 Å². The second-order valence-electron chi connectivity index (χ2n) is 6.22. The Balaban J connectivity index is 1.81. The molecule has 2 rings (SSSR count). The molecule has 0 bridgehead atoms. The summed E-state index contributed by atoms with van der Waals surface area (Å²) >= 11 is 0. The van der Waals surface area contributed by atoms with Crippen LogP contribution in [0.25, 0.3) is 0 Å². The summed E-state index contributed by atoms with van der Waals surface area (Å²) in [5.74, 6) is 0.394. The number of carbonyl (C=O) groups is 1. The van der Waals surface area contributed by atoms with Crippen LogP contribution in [0.15, 0.2) is 29.2 Å². The van der Waals surface area contributed by atoms with Gasteiger partial charge >= 0.3 is 6.03 Å². The summed E-state index contributed by atoms with van der Waals surface area (Å²) in [6.45, 7) is 0.715. The maximum Gasteiger partial charge on any atom is 0.317 e. The van der Waals surface area contributed by atoms with E-state index in [4.69, 9.17) is 0 Å². The largest absolute Gasteiger partial charge is 0.396 e. The maximum absolute atomic E-state index is 12.3. The lowest BCUT2D eigenvalue weighted by molar-refractivity contribution is 0.134. The van der Waals surface area contributed by atoms with Gasteiger partial charge in [0.2, 0.25) is 0 Å². The minimum absolute atomic E-state index is 0.0689. The van der Waals surface area contributed by atoms with Gasteiger partial charge in [-0.25, -0.2) is 4.79 Å². The molecule has 0 aromatic heterocycles. The van der Waals surface area contributed by atoms with E-state index in [1.807, 2.05) is 31.3 Å². The fourth-order valence-corrected chi connectivity index (χ4v) is 3.50. The molecule has 2 N–H and O–H groups in total. The highest BCUT2D eigenvalue weighted by Gasteiger charge is 2.25. The highest BCUT2D eigenvalue weighted by molar-refractivity contribution is 7.84. The molecule has 6 heteroatoms. The third kappa shape index (κ3) is 5.04. The Bertz CT molecular complexity index is 539. The molecule has 0 saturated heterocycles. The van der Waals surface area contributed by atoms with Gasteiger partial charge in [-0.1, -0.05) is 12.1 Å². The molecule has 1 saturated carbocycles. The lowest BCUT2D eigenvalue weighted by Gasteiger charge is -2.34. The number of benzene rings is 1. The smallest absolute Gasteiger partial charge is 0.317 e. The van der Waals surface area contributed by atoms with E-state index in [1.54, 1.807) is 11.2 Å². The first-order valence-corrected chi connectivity index (χ1v) is 9.61. The van der Waals surface area contributed by atoms with Crippen molar-refractivity contribution in [1.82, 2.24) is 10.2 Å². The molecule has 1 aliphatic carbocycles. The second kappa shape index (κ2) is 8.45. The zero-order valence-corrected chi connectivity index (χ0v) is 14.6. The molecule has 1 aromatic rings. The van der Waals surface area contributed by atoms with Crippen LogP contribution in [-0.4, -0.2) is 46.2 Å². The Morgan fingerprint density at radius 2 is 1.87 bits per heavy atom. The van der Waals surface area contributed by atoms with Crippen LogP contribution in [0.1, 0.15) is 31.2 Å². The highest BCUT2D eigenvalue weighted by Crippen LogP contribution is 2.26. The molecule has 5 nitrogen and oxygen atoms in total. The van der Waals surface area contributed by atoms with E-state index < -0.39 is 10.8 Å². The molecule has 1 atom stereocenters. The number of nitrogens with zero attached hydrogens (tertiary/aromatic N) is 1. The van der Waals surface area contributed by atoms with E-state index in [0.29, 0.717) is 12.5 Å². The molecule has 128 valence electrons. The molecule has 1 fully saturated rings. The van der Waals surface area contributed by atoms with E-state index >= 15 is 0 Å².